The number of benzene rings is 1. The largest absolute Gasteiger partial charge is 0.503 e. The Labute approximate surface area is 171 Å². The van der Waals surface area contributed by atoms with Gasteiger partial charge in [0.25, 0.3) is 5.91 Å². The molecule has 1 atom stereocenters. The van der Waals surface area contributed by atoms with Crippen molar-refractivity contribution in [2.45, 2.75) is 12.6 Å². The molecule has 2 aromatic heterocycles. The van der Waals surface area contributed by atoms with E-state index in [0.717, 1.165) is 5.56 Å². The molecule has 3 heterocycles. The van der Waals surface area contributed by atoms with E-state index in [1.165, 1.54) is 47.6 Å². The van der Waals surface area contributed by atoms with Crippen molar-refractivity contribution in [2.75, 3.05) is 0 Å². The number of furan rings is 1. The summed E-state index contributed by atoms with van der Waals surface area (Å²) in [5.74, 6) is -1.83. The third-order valence-corrected chi connectivity index (χ3v) is 4.77. The van der Waals surface area contributed by atoms with Gasteiger partial charge in [0.2, 0.25) is 0 Å². The van der Waals surface area contributed by atoms with Gasteiger partial charge in [0.1, 0.15) is 11.6 Å². The highest BCUT2D eigenvalue weighted by molar-refractivity contribution is 6.14. The fourth-order valence-corrected chi connectivity index (χ4v) is 3.38. The first-order chi connectivity index (χ1) is 14.5. The molecule has 0 fully saturated rings. The van der Waals surface area contributed by atoms with Gasteiger partial charge in [-0.3, -0.25) is 14.6 Å². The zero-order valence-corrected chi connectivity index (χ0v) is 15.7. The van der Waals surface area contributed by atoms with E-state index >= 15 is 0 Å². The molecule has 30 heavy (non-hydrogen) atoms. The van der Waals surface area contributed by atoms with E-state index in [1.54, 1.807) is 36.7 Å². The van der Waals surface area contributed by atoms with E-state index in [0.29, 0.717) is 11.3 Å². The number of carbonyl (C=O) groups excluding carboxylic acids is 2. The minimum absolute atomic E-state index is 0.0710. The number of hydrogen-bond acceptors (Lipinski definition) is 5. The molecular formula is C23H17FN2O4. The van der Waals surface area contributed by atoms with Gasteiger partial charge in [0, 0.05) is 18.9 Å². The zero-order valence-electron chi connectivity index (χ0n) is 15.7. The monoisotopic (exact) mass is 404 g/mol. The molecule has 1 aromatic carbocycles. The standard InChI is InChI=1S/C23H17FN2O4/c24-17-7-5-16(6-8-17)21-20(19(27)10-9-18-4-2-12-30-18)22(28)23(29)26(21)14-15-3-1-11-25-13-15/h1-13,21,28H,14H2/b10-9+. The average Bonchev–Trinajstić information content (AvgIpc) is 3.36. The highest BCUT2D eigenvalue weighted by Crippen LogP contribution is 2.39. The number of halogens is 1. The molecular weight excluding hydrogens is 387 g/mol. The number of carbonyl (C=O) groups is 2. The molecule has 1 aliphatic heterocycles. The van der Waals surface area contributed by atoms with E-state index in [1.807, 2.05) is 0 Å². The molecule has 4 rings (SSSR count). The molecule has 1 aliphatic rings. The third-order valence-electron chi connectivity index (χ3n) is 4.77. The van der Waals surface area contributed by atoms with Crippen molar-refractivity contribution < 1.29 is 23.5 Å². The molecule has 6 nitrogen and oxygen atoms in total. The normalized spacial score (nSPS) is 16.6. The Bertz CT molecular complexity index is 1120. The Morgan fingerprint density at radius 3 is 2.67 bits per heavy atom. The molecule has 0 aliphatic carbocycles. The fraction of sp³-hybridized carbons (Fsp3) is 0.0870. The van der Waals surface area contributed by atoms with Gasteiger partial charge in [-0.25, -0.2) is 4.39 Å². The van der Waals surface area contributed by atoms with Crippen molar-refractivity contribution >= 4 is 17.8 Å². The van der Waals surface area contributed by atoms with Crippen molar-refractivity contribution in [3.8, 4) is 0 Å². The molecule has 0 saturated heterocycles. The summed E-state index contributed by atoms with van der Waals surface area (Å²) < 4.78 is 18.6. The highest BCUT2D eigenvalue weighted by Gasteiger charge is 2.42. The van der Waals surface area contributed by atoms with Crippen LogP contribution in [0.5, 0.6) is 0 Å². The lowest BCUT2D eigenvalue weighted by Gasteiger charge is -2.26. The third kappa shape index (κ3) is 3.77. The minimum Gasteiger partial charge on any atom is -0.503 e. The Hall–Kier alpha value is -4.00. The van der Waals surface area contributed by atoms with E-state index in [9.17, 15) is 19.1 Å². The maximum absolute atomic E-state index is 13.5. The fourth-order valence-electron chi connectivity index (χ4n) is 3.38. The maximum Gasteiger partial charge on any atom is 0.290 e. The first kappa shape index (κ1) is 19.3. The van der Waals surface area contributed by atoms with Gasteiger partial charge in [-0.1, -0.05) is 18.2 Å². The smallest absolute Gasteiger partial charge is 0.290 e. The lowest BCUT2D eigenvalue weighted by molar-refractivity contribution is -0.130. The van der Waals surface area contributed by atoms with Crippen LogP contribution in [0.3, 0.4) is 0 Å². The predicted octanol–water partition coefficient (Wildman–Crippen LogP) is 3.99. The van der Waals surface area contributed by atoms with Crippen molar-refractivity contribution in [2.24, 2.45) is 0 Å². The zero-order chi connectivity index (χ0) is 21.1. The Morgan fingerprint density at radius 1 is 1.20 bits per heavy atom. The molecule has 1 unspecified atom stereocenters. The van der Waals surface area contributed by atoms with E-state index in [4.69, 9.17) is 4.42 Å². The van der Waals surface area contributed by atoms with Gasteiger partial charge >= 0.3 is 0 Å². The Balaban J connectivity index is 1.73. The van der Waals surface area contributed by atoms with Crippen LogP contribution < -0.4 is 0 Å². The Kier molecular flexibility index (Phi) is 5.26. The molecule has 3 aromatic rings. The van der Waals surface area contributed by atoms with Crippen LogP contribution in [-0.2, 0) is 16.1 Å². The van der Waals surface area contributed by atoms with Crippen molar-refractivity contribution in [1.29, 1.82) is 0 Å². The lowest BCUT2D eigenvalue weighted by atomic mass is 9.95. The molecule has 0 radical (unpaired) electrons. The van der Waals surface area contributed by atoms with E-state index in [-0.39, 0.29) is 12.1 Å². The summed E-state index contributed by atoms with van der Waals surface area (Å²) in [6, 6.07) is 11.5. The molecule has 150 valence electrons. The molecule has 0 bridgehead atoms. The second kappa shape index (κ2) is 8.16. The number of amides is 1. The van der Waals surface area contributed by atoms with Crippen LogP contribution in [0.15, 0.2) is 89.0 Å². The summed E-state index contributed by atoms with van der Waals surface area (Å²) in [6.07, 6.45) is 7.37. The van der Waals surface area contributed by atoms with Gasteiger partial charge in [0.15, 0.2) is 11.5 Å². The summed E-state index contributed by atoms with van der Waals surface area (Å²) in [6.45, 7) is 0.122. The van der Waals surface area contributed by atoms with Crippen LogP contribution in [0.1, 0.15) is 22.9 Å². The van der Waals surface area contributed by atoms with Crippen LogP contribution in [0, 0.1) is 5.82 Å². The van der Waals surface area contributed by atoms with Crippen molar-refractivity contribution in [3.63, 3.8) is 0 Å². The topological polar surface area (TPSA) is 83.6 Å². The number of aliphatic hydroxyl groups excluding tert-OH is 1. The Morgan fingerprint density at radius 2 is 2.00 bits per heavy atom. The van der Waals surface area contributed by atoms with Crippen molar-refractivity contribution in [1.82, 2.24) is 9.88 Å². The SMILES string of the molecule is O=C(/C=C/c1ccco1)C1=C(O)C(=O)N(Cc2cccnc2)C1c1ccc(F)cc1. The van der Waals surface area contributed by atoms with Crippen LogP contribution in [0.4, 0.5) is 4.39 Å². The number of aromatic nitrogens is 1. The van der Waals surface area contributed by atoms with Gasteiger partial charge in [-0.05, 0) is 53.6 Å². The lowest BCUT2D eigenvalue weighted by Crippen LogP contribution is -2.30. The van der Waals surface area contributed by atoms with Gasteiger partial charge < -0.3 is 14.4 Å². The minimum atomic E-state index is -0.868. The first-order valence-corrected chi connectivity index (χ1v) is 9.19. The summed E-state index contributed by atoms with van der Waals surface area (Å²) in [5, 5.41) is 10.5. The van der Waals surface area contributed by atoms with Crippen LogP contribution >= 0.6 is 0 Å². The number of aliphatic hydroxyl groups is 1. The predicted molar refractivity (Wildman–Crippen MR) is 106 cm³/mol. The second-order valence-electron chi connectivity index (χ2n) is 6.72. The van der Waals surface area contributed by atoms with E-state index in [2.05, 4.69) is 4.98 Å². The van der Waals surface area contributed by atoms with Gasteiger partial charge in [-0.15, -0.1) is 0 Å². The molecule has 0 spiro atoms. The number of nitrogens with zero attached hydrogens (tertiary/aromatic N) is 2. The highest BCUT2D eigenvalue weighted by atomic mass is 19.1. The van der Waals surface area contributed by atoms with Crippen molar-refractivity contribution in [3.05, 3.63) is 107 Å². The second-order valence-corrected chi connectivity index (χ2v) is 6.72. The van der Waals surface area contributed by atoms with Gasteiger partial charge in [0.05, 0.1) is 17.9 Å². The first-order valence-electron chi connectivity index (χ1n) is 9.19. The number of hydrogen-bond donors (Lipinski definition) is 1. The van der Waals surface area contributed by atoms with Crippen LogP contribution in [-0.4, -0.2) is 26.7 Å². The van der Waals surface area contributed by atoms with E-state index < -0.39 is 29.3 Å². The summed E-state index contributed by atoms with van der Waals surface area (Å²) >= 11 is 0. The molecule has 7 heteroatoms. The average molecular weight is 404 g/mol. The summed E-state index contributed by atoms with van der Waals surface area (Å²) in [4.78, 5) is 31.2. The van der Waals surface area contributed by atoms with Crippen LogP contribution in [0.2, 0.25) is 0 Å². The number of ketones is 1. The number of allylic oxidation sites excluding steroid dienone is 1. The molecule has 0 saturated carbocycles. The van der Waals surface area contributed by atoms with Crippen LogP contribution in [0.25, 0.3) is 6.08 Å². The summed E-state index contributed by atoms with van der Waals surface area (Å²) in [5.41, 5.74) is 1.16. The number of rotatable bonds is 6. The maximum atomic E-state index is 13.5. The molecule has 1 N–H and O–H groups in total. The quantitative estimate of drug-likeness (QED) is 0.628. The number of pyridine rings is 1. The van der Waals surface area contributed by atoms with Gasteiger partial charge in [-0.2, -0.15) is 0 Å². The summed E-state index contributed by atoms with van der Waals surface area (Å²) in [7, 11) is 0. The molecule has 1 amide bonds.